The van der Waals surface area contributed by atoms with Crippen LogP contribution in [0.25, 0.3) is 0 Å². The van der Waals surface area contributed by atoms with E-state index in [-0.39, 0.29) is 0 Å². The minimum atomic E-state index is -1.29. The maximum atomic E-state index is 12.6. The van der Waals surface area contributed by atoms with E-state index in [0.29, 0.717) is 19.3 Å². The van der Waals surface area contributed by atoms with E-state index < -0.39 is 36.9 Å². The summed E-state index contributed by atoms with van der Waals surface area (Å²) in [4.78, 5) is 12.6. The Morgan fingerprint density at radius 1 is 0.333 bits per heavy atom. The molecule has 6 heteroatoms. The molecule has 0 aliphatic carbocycles. The number of hydrogen-bond donors (Lipinski definition) is 5. The second-order valence-corrected chi connectivity index (χ2v) is 22.4. The van der Waals surface area contributed by atoms with E-state index in [4.69, 9.17) is 0 Å². The quantitative estimate of drug-likeness (QED) is 0.0308. The highest BCUT2D eigenvalue weighted by Gasteiger charge is 2.28. The number of carbonyl (C=O) groups is 1. The molecular formula is C66H127NO5. The fourth-order valence-corrected chi connectivity index (χ4v) is 10.3. The van der Waals surface area contributed by atoms with Gasteiger partial charge in [0.2, 0.25) is 5.91 Å². The molecule has 0 aromatic carbocycles. The van der Waals surface area contributed by atoms with E-state index in [1.807, 2.05) is 0 Å². The van der Waals surface area contributed by atoms with Crippen molar-refractivity contribution in [2.75, 3.05) is 6.61 Å². The van der Waals surface area contributed by atoms with E-state index in [9.17, 15) is 25.2 Å². The SMILES string of the molecule is CCCCCCCCCCCCCCCCCCCC/C=C/CC/C=C/CC/C=C/CCCC(O)C(O)C(CO)NC(=O)C(O)CCCCCCCCCCCCCCCCCCCCCCCCCCC. The van der Waals surface area contributed by atoms with Gasteiger partial charge in [-0.25, -0.2) is 0 Å². The fourth-order valence-electron chi connectivity index (χ4n) is 10.3. The number of hydrogen-bond acceptors (Lipinski definition) is 5. The average molecular weight is 1010 g/mol. The Kier molecular flexibility index (Phi) is 59.2. The molecule has 0 bridgehead atoms. The topological polar surface area (TPSA) is 110 Å². The van der Waals surface area contributed by atoms with Crippen molar-refractivity contribution in [1.29, 1.82) is 0 Å². The van der Waals surface area contributed by atoms with Crippen LogP contribution in [0.4, 0.5) is 0 Å². The summed E-state index contributed by atoms with van der Waals surface area (Å²) in [5.74, 6) is -0.593. The number of allylic oxidation sites excluding steroid dienone is 6. The second kappa shape index (κ2) is 60.4. The molecule has 4 atom stereocenters. The van der Waals surface area contributed by atoms with Crippen LogP contribution in [0.3, 0.4) is 0 Å². The third-order valence-electron chi connectivity index (χ3n) is 15.3. The molecule has 0 saturated carbocycles. The van der Waals surface area contributed by atoms with Gasteiger partial charge >= 0.3 is 0 Å². The molecule has 0 aliphatic heterocycles. The van der Waals surface area contributed by atoms with Crippen molar-refractivity contribution in [1.82, 2.24) is 5.32 Å². The first kappa shape index (κ1) is 70.5. The van der Waals surface area contributed by atoms with Crippen molar-refractivity contribution in [2.24, 2.45) is 0 Å². The number of aliphatic hydroxyl groups excluding tert-OH is 4. The Balaban J connectivity index is 3.64. The number of nitrogens with one attached hydrogen (secondary N) is 1. The molecule has 0 spiro atoms. The summed E-state index contributed by atoms with van der Waals surface area (Å²) in [6.45, 7) is 4.09. The van der Waals surface area contributed by atoms with Crippen LogP contribution >= 0.6 is 0 Å². The normalized spacial score (nSPS) is 13.8. The lowest BCUT2D eigenvalue weighted by molar-refractivity contribution is -0.132. The van der Waals surface area contributed by atoms with Crippen molar-refractivity contribution in [3.8, 4) is 0 Å². The molecule has 0 fully saturated rings. The zero-order valence-corrected chi connectivity index (χ0v) is 48.4. The maximum Gasteiger partial charge on any atom is 0.249 e. The third-order valence-corrected chi connectivity index (χ3v) is 15.3. The zero-order valence-electron chi connectivity index (χ0n) is 48.4. The largest absolute Gasteiger partial charge is 0.394 e. The molecule has 0 radical (unpaired) electrons. The standard InChI is InChI=1S/C66H127NO5/c1-3-5-7-9-11-13-15-17-19-21-23-25-27-29-30-31-32-33-34-36-37-39-41-43-45-47-49-51-53-55-57-59-63(69)65(71)62(61-68)67-66(72)64(70)60-58-56-54-52-50-48-46-44-42-40-38-35-28-26-24-22-20-18-16-14-12-10-8-6-4-2/h36-37,43,45,51,53,62-65,68-71H,3-35,38-42,44,46-50,52,54-61H2,1-2H3,(H,67,72)/b37-36+,45-43+,53-51+. The fraction of sp³-hybridized carbons (Fsp3) is 0.894. The Morgan fingerprint density at radius 3 is 0.875 bits per heavy atom. The van der Waals surface area contributed by atoms with Gasteiger partial charge in [0.05, 0.1) is 18.8 Å². The summed E-state index contributed by atoms with van der Waals surface area (Å²) in [5.41, 5.74) is 0. The third kappa shape index (κ3) is 53.4. The maximum absolute atomic E-state index is 12.6. The summed E-state index contributed by atoms with van der Waals surface area (Å²) in [6.07, 6.45) is 76.8. The van der Waals surface area contributed by atoms with E-state index in [2.05, 4.69) is 55.6 Å². The van der Waals surface area contributed by atoms with Gasteiger partial charge in [-0.2, -0.15) is 0 Å². The molecule has 0 heterocycles. The van der Waals surface area contributed by atoms with Crippen molar-refractivity contribution < 1.29 is 25.2 Å². The van der Waals surface area contributed by atoms with Gasteiger partial charge in [-0.3, -0.25) is 4.79 Å². The van der Waals surface area contributed by atoms with Crippen LogP contribution in [-0.2, 0) is 4.79 Å². The Morgan fingerprint density at radius 2 is 0.583 bits per heavy atom. The Labute approximate surface area is 449 Å². The first-order valence-electron chi connectivity index (χ1n) is 32.4. The average Bonchev–Trinajstić information content (AvgIpc) is 3.39. The number of amides is 1. The van der Waals surface area contributed by atoms with E-state index >= 15 is 0 Å². The van der Waals surface area contributed by atoms with Crippen LogP contribution in [0, 0.1) is 0 Å². The summed E-state index contributed by atoms with van der Waals surface area (Å²) in [5, 5.41) is 44.1. The van der Waals surface area contributed by atoms with Gasteiger partial charge in [-0.15, -0.1) is 0 Å². The molecule has 4 unspecified atom stereocenters. The summed E-state index contributed by atoms with van der Waals surface area (Å²) in [7, 11) is 0. The summed E-state index contributed by atoms with van der Waals surface area (Å²) in [6, 6.07) is -1.01. The molecular weight excluding hydrogens is 887 g/mol. The summed E-state index contributed by atoms with van der Waals surface area (Å²) >= 11 is 0. The van der Waals surface area contributed by atoms with Crippen LogP contribution in [0.2, 0.25) is 0 Å². The van der Waals surface area contributed by atoms with Crippen LogP contribution in [0.1, 0.15) is 348 Å². The van der Waals surface area contributed by atoms with E-state index in [0.717, 1.165) is 51.4 Å². The Bertz CT molecular complexity index is 1140. The molecule has 0 aliphatic rings. The van der Waals surface area contributed by atoms with Crippen LogP contribution in [-0.4, -0.2) is 57.3 Å². The molecule has 6 nitrogen and oxygen atoms in total. The second-order valence-electron chi connectivity index (χ2n) is 22.4. The van der Waals surface area contributed by atoms with Gasteiger partial charge in [0.1, 0.15) is 12.2 Å². The van der Waals surface area contributed by atoms with Crippen LogP contribution in [0.5, 0.6) is 0 Å². The molecule has 0 aromatic rings. The monoisotopic (exact) mass is 1010 g/mol. The smallest absolute Gasteiger partial charge is 0.249 e. The van der Waals surface area contributed by atoms with Gasteiger partial charge in [0.25, 0.3) is 0 Å². The molecule has 5 N–H and O–H groups in total. The number of unbranched alkanes of at least 4 members (excludes halogenated alkanes) is 45. The predicted octanol–water partition coefficient (Wildman–Crippen LogP) is 19.5. The summed E-state index contributed by atoms with van der Waals surface area (Å²) < 4.78 is 0. The molecule has 0 saturated heterocycles. The molecule has 1 amide bonds. The Hall–Kier alpha value is -1.47. The first-order chi connectivity index (χ1) is 35.5. The minimum Gasteiger partial charge on any atom is -0.394 e. The lowest BCUT2D eigenvalue weighted by Crippen LogP contribution is -2.53. The lowest BCUT2D eigenvalue weighted by atomic mass is 10.00. The molecule has 426 valence electrons. The molecule has 0 aromatic heterocycles. The highest BCUT2D eigenvalue weighted by atomic mass is 16.3. The van der Waals surface area contributed by atoms with Gasteiger partial charge in [-0.05, 0) is 64.2 Å². The van der Waals surface area contributed by atoms with Crippen molar-refractivity contribution >= 4 is 5.91 Å². The van der Waals surface area contributed by atoms with Gasteiger partial charge < -0.3 is 25.7 Å². The van der Waals surface area contributed by atoms with Gasteiger partial charge in [0, 0.05) is 0 Å². The van der Waals surface area contributed by atoms with Crippen LogP contribution in [0.15, 0.2) is 36.5 Å². The van der Waals surface area contributed by atoms with Gasteiger partial charge in [-0.1, -0.05) is 320 Å². The number of aliphatic hydroxyl groups is 4. The molecule has 72 heavy (non-hydrogen) atoms. The van der Waals surface area contributed by atoms with Crippen molar-refractivity contribution in [3.63, 3.8) is 0 Å². The highest BCUT2D eigenvalue weighted by Crippen LogP contribution is 2.19. The van der Waals surface area contributed by atoms with Gasteiger partial charge in [0.15, 0.2) is 0 Å². The highest BCUT2D eigenvalue weighted by molar-refractivity contribution is 5.80. The van der Waals surface area contributed by atoms with Crippen LogP contribution < -0.4 is 5.32 Å². The zero-order chi connectivity index (χ0) is 52.3. The van der Waals surface area contributed by atoms with Crippen molar-refractivity contribution in [3.05, 3.63) is 36.5 Å². The van der Waals surface area contributed by atoms with E-state index in [1.54, 1.807) is 0 Å². The van der Waals surface area contributed by atoms with E-state index in [1.165, 1.54) is 263 Å². The number of carbonyl (C=O) groups excluding carboxylic acids is 1. The molecule has 0 rings (SSSR count). The predicted molar refractivity (Wildman–Crippen MR) is 316 cm³/mol. The van der Waals surface area contributed by atoms with Crippen molar-refractivity contribution in [2.45, 2.75) is 372 Å². The first-order valence-corrected chi connectivity index (χ1v) is 32.4. The lowest BCUT2D eigenvalue weighted by Gasteiger charge is -2.27. The minimum absolute atomic E-state index is 0.362. The number of rotatable bonds is 60.